The van der Waals surface area contributed by atoms with Crippen LogP contribution in [0.1, 0.15) is 101 Å². The van der Waals surface area contributed by atoms with Crippen LogP contribution < -0.4 is 4.74 Å². The standard InChI is InChI=1S/C51H86FN5O15S/c1-15-40-51(10,63)44(59)33(6)56(12)25-29(2)23-49(8,62)46(31(4)43(32(5)47(61)70-40)71-41-24-50(9,66-13)45(60)34(7)69-41)72-48-42(58)39(22-30(3)68-48)55(11)21-20-36-27-57(54-53-36)26-35(52)28-67-37-16-18-38(19-17-37)73(14,64)65/h16-19,27,29-35,39-46,48,58-60,62-63H,15,20-26,28H2,1-14H3/t29-,30-,31+,32-,33-,34+,35+,39+,40-,41+,42-,43+,44-,45+,46-,48+,49-,50-,51-/m1/s1. The summed E-state index contributed by atoms with van der Waals surface area (Å²) in [5.74, 6) is -2.58. The number of carbonyl (C=O) groups is 1. The van der Waals surface area contributed by atoms with Gasteiger partial charge in [-0.25, -0.2) is 17.5 Å². The van der Waals surface area contributed by atoms with Crippen molar-refractivity contribution in [3.8, 4) is 5.75 Å². The molecule has 1 aromatic carbocycles. The van der Waals surface area contributed by atoms with E-state index in [1.165, 1.54) is 43.0 Å². The molecule has 5 N–H and O–H groups in total. The van der Waals surface area contributed by atoms with Gasteiger partial charge in [0.1, 0.15) is 42.4 Å². The molecule has 20 nitrogen and oxygen atoms in total. The number of aliphatic hydroxyl groups is 5. The van der Waals surface area contributed by atoms with Crippen LogP contribution in [0.15, 0.2) is 35.4 Å². The highest BCUT2D eigenvalue weighted by atomic mass is 32.2. The van der Waals surface area contributed by atoms with Gasteiger partial charge in [-0.3, -0.25) is 4.79 Å². The van der Waals surface area contributed by atoms with Crippen LogP contribution in [-0.2, 0) is 56.0 Å². The molecule has 73 heavy (non-hydrogen) atoms. The number of sulfone groups is 1. The third-order valence-electron chi connectivity index (χ3n) is 15.5. The molecule has 0 aliphatic carbocycles. The topological polar surface area (TPSA) is 254 Å². The maximum absolute atomic E-state index is 15.0. The van der Waals surface area contributed by atoms with Crippen LogP contribution >= 0.6 is 0 Å². The number of methoxy groups -OCH3 is 1. The summed E-state index contributed by atoms with van der Waals surface area (Å²) >= 11 is 0. The summed E-state index contributed by atoms with van der Waals surface area (Å²) in [6.45, 7) is 17.7. The van der Waals surface area contributed by atoms with E-state index in [1.807, 2.05) is 37.7 Å². The van der Waals surface area contributed by atoms with Crippen LogP contribution in [0, 0.1) is 17.8 Å². The number of aliphatic hydroxyl groups excluding tert-OH is 3. The van der Waals surface area contributed by atoms with Gasteiger partial charge in [-0.1, -0.05) is 26.0 Å². The third kappa shape index (κ3) is 15.2. The van der Waals surface area contributed by atoms with Crippen molar-refractivity contribution in [1.29, 1.82) is 0 Å². The zero-order valence-corrected chi connectivity index (χ0v) is 46.1. The van der Waals surface area contributed by atoms with Crippen molar-refractivity contribution in [3.63, 3.8) is 0 Å². The molecule has 0 amide bonds. The summed E-state index contributed by atoms with van der Waals surface area (Å²) in [6.07, 6.45) is -7.87. The lowest BCUT2D eigenvalue weighted by Gasteiger charge is -2.49. The molecule has 0 unspecified atom stereocenters. The van der Waals surface area contributed by atoms with E-state index in [0.29, 0.717) is 37.4 Å². The number of nitrogens with zero attached hydrogens (tertiary/aromatic N) is 5. The zero-order chi connectivity index (χ0) is 54.5. The van der Waals surface area contributed by atoms with E-state index >= 15 is 4.39 Å². The normalized spacial score (nSPS) is 39.4. The molecule has 3 aliphatic heterocycles. The molecule has 5 rings (SSSR count). The number of benzene rings is 1. The average molecular weight is 1060 g/mol. The Morgan fingerprint density at radius 1 is 0.986 bits per heavy atom. The number of halogens is 1. The van der Waals surface area contributed by atoms with Crippen molar-refractivity contribution < 1.29 is 76.3 Å². The van der Waals surface area contributed by atoms with Gasteiger partial charge in [0, 0.05) is 63.5 Å². The number of cyclic esters (lactones) is 1. The Bertz CT molecular complexity index is 2170. The Morgan fingerprint density at radius 2 is 1.64 bits per heavy atom. The predicted molar refractivity (Wildman–Crippen MR) is 267 cm³/mol. The predicted octanol–water partition coefficient (Wildman–Crippen LogP) is 2.93. The largest absolute Gasteiger partial charge is 0.490 e. The fraction of sp³-hybridized carbons (Fsp3) is 0.824. The first-order valence-corrected chi connectivity index (χ1v) is 27.5. The van der Waals surface area contributed by atoms with Gasteiger partial charge in [0.25, 0.3) is 0 Å². The van der Waals surface area contributed by atoms with E-state index in [1.54, 1.807) is 54.7 Å². The van der Waals surface area contributed by atoms with E-state index in [9.17, 15) is 38.7 Å². The highest BCUT2D eigenvalue weighted by Gasteiger charge is 2.53. The molecule has 3 saturated heterocycles. The van der Waals surface area contributed by atoms with E-state index in [0.717, 1.165) is 6.26 Å². The van der Waals surface area contributed by atoms with Gasteiger partial charge < -0.3 is 68.5 Å². The monoisotopic (exact) mass is 1060 g/mol. The van der Waals surface area contributed by atoms with Gasteiger partial charge in [-0.2, -0.15) is 0 Å². The van der Waals surface area contributed by atoms with Gasteiger partial charge in [0.2, 0.25) is 0 Å². The summed E-state index contributed by atoms with van der Waals surface area (Å²) < 4.78 is 83.6. The lowest BCUT2D eigenvalue weighted by atomic mass is 9.77. The Balaban J connectivity index is 1.38. The zero-order valence-electron chi connectivity index (χ0n) is 45.3. The second kappa shape index (κ2) is 25.0. The van der Waals surface area contributed by atoms with Crippen LogP contribution in [0.5, 0.6) is 5.75 Å². The molecule has 0 bridgehead atoms. The molecule has 1 aromatic heterocycles. The van der Waals surface area contributed by atoms with Crippen molar-refractivity contribution >= 4 is 15.8 Å². The molecule has 0 saturated carbocycles. The quantitative estimate of drug-likeness (QED) is 0.152. The first-order valence-electron chi connectivity index (χ1n) is 25.6. The SMILES string of the molecule is CC[C@H]1OC(=O)[C@H](C)[C@@H](O[C@H]2C[C@@](C)(OC)[C@@H](O)[C@H](C)O2)[C@H](C)[C@@H](O[C@@H]2O[C@H](C)C[C@H](N(C)CCc3cn(C[C@H](F)COc4ccc(S(C)(=O)=O)cc4)nn3)[C@H]2O)[C@](C)(O)C[C@@H](C)CN(C)[C@H](C)[C@@H](O)[C@]1(C)O. The van der Waals surface area contributed by atoms with Gasteiger partial charge in [0.15, 0.2) is 28.6 Å². The minimum Gasteiger partial charge on any atom is -0.490 e. The number of esters is 1. The van der Waals surface area contributed by atoms with Gasteiger partial charge in [-0.05, 0) is 112 Å². The minimum atomic E-state index is -3.38. The number of ether oxygens (including phenoxy) is 7. The smallest absolute Gasteiger partial charge is 0.311 e. The molecule has 19 atom stereocenters. The van der Waals surface area contributed by atoms with Crippen LogP contribution in [-0.4, -0.2) is 208 Å². The average Bonchev–Trinajstić information content (AvgIpc) is 3.77. The number of carbonyl (C=O) groups excluding carboxylic acids is 1. The molecule has 0 spiro atoms. The molecular formula is C51H86FN5O15S. The number of alkyl halides is 1. The lowest BCUT2D eigenvalue weighted by molar-refractivity contribution is -0.318. The Labute approximate surface area is 431 Å². The molecule has 3 fully saturated rings. The fourth-order valence-electron chi connectivity index (χ4n) is 10.9. The van der Waals surface area contributed by atoms with Crippen LogP contribution in [0.4, 0.5) is 4.39 Å². The Hall–Kier alpha value is -2.97. The van der Waals surface area contributed by atoms with Gasteiger partial charge in [-0.15, -0.1) is 5.10 Å². The number of aromatic nitrogens is 3. The Morgan fingerprint density at radius 3 is 2.26 bits per heavy atom. The molecule has 418 valence electrons. The van der Waals surface area contributed by atoms with E-state index in [2.05, 4.69) is 10.3 Å². The molecule has 22 heteroatoms. The van der Waals surface area contributed by atoms with Crippen molar-refractivity contribution in [2.24, 2.45) is 17.8 Å². The summed E-state index contributed by atoms with van der Waals surface area (Å²) in [5.41, 5.74) is -4.02. The molecule has 0 radical (unpaired) electrons. The van der Waals surface area contributed by atoms with E-state index < -0.39 is 124 Å². The first-order chi connectivity index (χ1) is 33.9. The fourth-order valence-corrected chi connectivity index (χ4v) is 11.5. The van der Waals surface area contributed by atoms with E-state index in [-0.39, 0.29) is 43.2 Å². The van der Waals surface area contributed by atoms with Gasteiger partial charge >= 0.3 is 5.97 Å². The second-order valence-electron chi connectivity index (χ2n) is 22.0. The van der Waals surface area contributed by atoms with Crippen molar-refractivity contribution in [2.75, 3.05) is 47.2 Å². The van der Waals surface area contributed by atoms with E-state index in [4.69, 9.17) is 33.2 Å². The van der Waals surface area contributed by atoms with Crippen molar-refractivity contribution in [3.05, 3.63) is 36.2 Å². The molecule has 2 aromatic rings. The second-order valence-corrected chi connectivity index (χ2v) is 24.0. The van der Waals surface area contributed by atoms with Gasteiger partial charge in [0.05, 0.1) is 58.7 Å². The number of hydrogen-bond acceptors (Lipinski definition) is 19. The Kier molecular flexibility index (Phi) is 20.9. The van der Waals surface area contributed by atoms with Crippen LogP contribution in [0.2, 0.25) is 0 Å². The maximum Gasteiger partial charge on any atom is 0.311 e. The highest BCUT2D eigenvalue weighted by molar-refractivity contribution is 7.90. The van der Waals surface area contributed by atoms with Crippen molar-refractivity contribution in [2.45, 2.75) is 209 Å². The molecule has 3 aliphatic rings. The van der Waals surface area contributed by atoms with Crippen LogP contribution in [0.3, 0.4) is 0 Å². The molecule has 4 heterocycles. The third-order valence-corrected chi connectivity index (χ3v) is 16.6. The van der Waals surface area contributed by atoms with Crippen LogP contribution in [0.25, 0.3) is 0 Å². The van der Waals surface area contributed by atoms with Crippen molar-refractivity contribution in [1.82, 2.24) is 24.8 Å². The highest BCUT2D eigenvalue weighted by Crippen LogP contribution is 2.40. The number of hydrogen-bond donors (Lipinski definition) is 5. The summed E-state index contributed by atoms with van der Waals surface area (Å²) in [6, 6.07) is 4.65. The maximum atomic E-state index is 15.0. The summed E-state index contributed by atoms with van der Waals surface area (Å²) in [5, 5.41) is 67.9. The summed E-state index contributed by atoms with van der Waals surface area (Å²) in [4.78, 5) is 18.5. The summed E-state index contributed by atoms with van der Waals surface area (Å²) in [7, 11) is 1.78. The first kappa shape index (κ1) is 60.9. The number of rotatable bonds is 16. The minimum absolute atomic E-state index is 0.0758. The molecular weight excluding hydrogens is 974 g/mol. The lowest BCUT2D eigenvalue weighted by Crippen LogP contribution is -2.61. The number of likely N-dealkylation sites (N-methyl/N-ethyl adjacent to an activating group) is 2.